The number of ketones is 1. The summed E-state index contributed by atoms with van der Waals surface area (Å²) < 4.78 is 0. The third kappa shape index (κ3) is 5.92. The van der Waals surface area contributed by atoms with Gasteiger partial charge in [-0.25, -0.2) is 0 Å². The van der Waals surface area contributed by atoms with Crippen molar-refractivity contribution in [3.05, 3.63) is 83.5 Å². The predicted octanol–water partition coefficient (Wildman–Crippen LogP) is 9.07. The first-order valence-electron chi connectivity index (χ1n) is 14.3. The Morgan fingerprint density at radius 3 is 2.30 bits per heavy atom. The summed E-state index contributed by atoms with van der Waals surface area (Å²) in [7, 11) is 0. The van der Waals surface area contributed by atoms with Gasteiger partial charge in [0.15, 0.2) is 5.78 Å². The fraction of sp³-hybridized carbons (Fsp3) is 0.400. The van der Waals surface area contributed by atoms with Crippen LogP contribution in [0.2, 0.25) is 0 Å². The minimum Gasteiger partial charge on any atom is -0.512 e. The standard InChI is InChI=1S/C22H17N2.C13H24O2.Ir/c1-13-10-15-7-9-24-21-16-5-4-14-6-8-23-12-17(14)20(16)22(2,3)18(11-13)19(15)21;1-5-10(6-2)12(14)9-13(15)11(7-3)8-4;/h4,6-12H,1-3H3;9-11,14H,5-8H2,1-4H3;/q-1;;/b;12-9-;. The van der Waals surface area contributed by atoms with Gasteiger partial charge in [0.05, 0.1) is 5.76 Å². The van der Waals surface area contributed by atoms with Gasteiger partial charge in [0.2, 0.25) is 0 Å². The molecule has 5 rings (SSSR count). The molecule has 0 unspecified atom stereocenters. The largest absolute Gasteiger partial charge is 0.512 e. The number of rotatable bonds is 7. The number of pyridine rings is 2. The van der Waals surface area contributed by atoms with Crippen molar-refractivity contribution in [1.82, 2.24) is 9.97 Å². The molecule has 4 aromatic rings. The summed E-state index contributed by atoms with van der Waals surface area (Å²) in [6.45, 7) is 14.8. The number of aliphatic hydroxyl groups is 1. The molecule has 1 aliphatic rings. The van der Waals surface area contributed by atoms with E-state index in [1.54, 1.807) is 0 Å². The maximum Gasteiger partial charge on any atom is 0.162 e. The van der Waals surface area contributed by atoms with E-state index in [1.807, 2.05) is 46.3 Å². The van der Waals surface area contributed by atoms with Gasteiger partial charge in [0.1, 0.15) is 0 Å². The summed E-state index contributed by atoms with van der Waals surface area (Å²) in [5, 5.41) is 14.7. The van der Waals surface area contributed by atoms with Gasteiger partial charge in [-0.3, -0.25) is 9.78 Å². The monoisotopic (exact) mass is 714 g/mol. The number of aliphatic hydroxyl groups excluding tert-OH is 1. The van der Waals surface area contributed by atoms with Crippen LogP contribution in [0.5, 0.6) is 0 Å². The third-order valence-electron chi connectivity index (χ3n) is 8.37. The van der Waals surface area contributed by atoms with E-state index in [2.05, 4.69) is 62.2 Å². The Balaban J connectivity index is 0.000000243. The second kappa shape index (κ2) is 13.2. The third-order valence-corrected chi connectivity index (χ3v) is 8.37. The average molecular weight is 714 g/mol. The number of nitrogens with zero attached hydrogens (tertiary/aromatic N) is 2. The normalized spacial score (nSPS) is 13.6. The average Bonchev–Trinajstić information content (AvgIpc) is 2.92. The number of hydrogen-bond acceptors (Lipinski definition) is 4. The fourth-order valence-corrected chi connectivity index (χ4v) is 6.00. The molecular weight excluding hydrogens is 673 g/mol. The van der Waals surface area contributed by atoms with E-state index in [0.29, 0.717) is 0 Å². The van der Waals surface area contributed by atoms with E-state index in [0.717, 1.165) is 36.9 Å². The molecule has 1 aliphatic carbocycles. The Bertz CT molecular complexity index is 1530. The van der Waals surface area contributed by atoms with Crippen molar-refractivity contribution in [2.45, 2.75) is 79.6 Å². The van der Waals surface area contributed by atoms with Gasteiger partial charge in [0.25, 0.3) is 0 Å². The molecule has 1 radical (unpaired) electrons. The SMILES string of the molecule is CCC(CC)C(=O)/C=C(\O)C(CC)CC.Cc1cc2c3c(nccc3c1)-c1[c-]cc3ccncc3c1C2(C)C.[Ir]. The number of carbonyl (C=O) groups is 1. The van der Waals surface area contributed by atoms with Gasteiger partial charge in [0, 0.05) is 56.6 Å². The van der Waals surface area contributed by atoms with Gasteiger partial charge in [-0.2, -0.15) is 0 Å². The van der Waals surface area contributed by atoms with Crippen LogP contribution >= 0.6 is 0 Å². The molecule has 4 nitrogen and oxygen atoms in total. The van der Waals surface area contributed by atoms with Crippen LogP contribution in [-0.2, 0) is 30.3 Å². The van der Waals surface area contributed by atoms with Crippen LogP contribution in [0.3, 0.4) is 0 Å². The van der Waals surface area contributed by atoms with Crippen LogP contribution in [0.1, 0.15) is 83.9 Å². The molecule has 0 bridgehead atoms. The molecule has 1 N–H and O–H groups in total. The Morgan fingerprint density at radius 1 is 1.00 bits per heavy atom. The topological polar surface area (TPSA) is 63.1 Å². The van der Waals surface area contributed by atoms with E-state index in [9.17, 15) is 9.90 Å². The molecule has 0 amide bonds. The Kier molecular flexibility index (Phi) is 10.4. The smallest absolute Gasteiger partial charge is 0.162 e. The van der Waals surface area contributed by atoms with Gasteiger partial charge >= 0.3 is 0 Å². The fourth-order valence-electron chi connectivity index (χ4n) is 6.00. The summed E-state index contributed by atoms with van der Waals surface area (Å²) in [5.74, 6) is 0.547. The van der Waals surface area contributed by atoms with Crippen molar-refractivity contribution in [2.24, 2.45) is 11.8 Å². The molecule has 0 spiro atoms. The number of allylic oxidation sites excluding steroid dienone is 2. The molecule has 2 aromatic carbocycles. The first-order chi connectivity index (χ1) is 18.7. The van der Waals surface area contributed by atoms with Gasteiger partial charge < -0.3 is 10.1 Å². The van der Waals surface area contributed by atoms with Crippen molar-refractivity contribution in [2.75, 3.05) is 0 Å². The molecule has 0 aliphatic heterocycles. The molecule has 2 heterocycles. The second-order valence-corrected chi connectivity index (χ2v) is 11.2. The summed E-state index contributed by atoms with van der Waals surface area (Å²) >= 11 is 0. The second-order valence-electron chi connectivity index (χ2n) is 11.2. The molecule has 0 atom stereocenters. The zero-order valence-corrected chi connectivity index (χ0v) is 27.2. The number of fused-ring (bicyclic) bond motifs is 4. The Labute approximate surface area is 252 Å². The number of hydrogen-bond donors (Lipinski definition) is 1. The van der Waals surface area contributed by atoms with Gasteiger partial charge in [-0.1, -0.05) is 76.1 Å². The molecule has 2 aromatic heterocycles. The first kappa shape index (κ1) is 31.6. The zero-order chi connectivity index (χ0) is 28.3. The Hall–Kier alpha value is -2.88. The van der Waals surface area contributed by atoms with E-state index < -0.39 is 0 Å². The van der Waals surface area contributed by atoms with Crippen LogP contribution in [0.15, 0.2) is 60.8 Å². The van der Waals surface area contributed by atoms with Crippen molar-refractivity contribution in [3.63, 3.8) is 0 Å². The number of aromatic nitrogens is 2. The van der Waals surface area contributed by atoms with Crippen LogP contribution < -0.4 is 0 Å². The molecule has 0 saturated carbocycles. The molecule has 0 fully saturated rings. The Morgan fingerprint density at radius 2 is 1.65 bits per heavy atom. The molecule has 40 heavy (non-hydrogen) atoms. The minimum atomic E-state index is -0.116. The maximum atomic E-state index is 11.7. The number of aryl methyl sites for hydroxylation is 1. The zero-order valence-electron chi connectivity index (χ0n) is 24.8. The number of benzene rings is 2. The van der Waals surface area contributed by atoms with E-state index in [4.69, 9.17) is 4.98 Å². The van der Waals surface area contributed by atoms with E-state index in [-0.39, 0.29) is 48.9 Å². The molecular formula is C35H41IrN2O2-. The first-order valence-corrected chi connectivity index (χ1v) is 14.3. The number of carbonyl (C=O) groups excluding carboxylic acids is 1. The van der Waals surface area contributed by atoms with Crippen LogP contribution in [0.4, 0.5) is 0 Å². The summed E-state index contributed by atoms with van der Waals surface area (Å²) in [6.07, 6.45) is 10.6. The summed E-state index contributed by atoms with van der Waals surface area (Å²) in [4.78, 5) is 20.8. The predicted molar refractivity (Wildman–Crippen MR) is 162 cm³/mol. The van der Waals surface area contributed by atoms with Crippen molar-refractivity contribution < 1.29 is 30.0 Å². The molecule has 5 heteroatoms. The van der Waals surface area contributed by atoms with E-state index >= 15 is 0 Å². The van der Waals surface area contributed by atoms with Crippen molar-refractivity contribution in [3.8, 4) is 11.3 Å². The van der Waals surface area contributed by atoms with Crippen LogP contribution in [-0.4, -0.2) is 20.9 Å². The molecule has 0 saturated heterocycles. The summed E-state index contributed by atoms with van der Waals surface area (Å²) in [5.41, 5.74) is 5.96. The van der Waals surface area contributed by atoms with E-state index in [1.165, 1.54) is 44.3 Å². The summed E-state index contributed by atoms with van der Waals surface area (Å²) in [6, 6.07) is 14.3. The maximum absolute atomic E-state index is 11.7. The van der Waals surface area contributed by atoms with Crippen molar-refractivity contribution in [1.29, 1.82) is 0 Å². The quantitative estimate of drug-likeness (QED) is 0.118. The van der Waals surface area contributed by atoms with Gasteiger partial charge in [-0.05, 0) is 66.1 Å². The van der Waals surface area contributed by atoms with Crippen molar-refractivity contribution >= 4 is 27.3 Å². The van der Waals surface area contributed by atoms with Crippen LogP contribution in [0, 0.1) is 24.8 Å². The minimum absolute atomic E-state index is 0. The van der Waals surface area contributed by atoms with Crippen LogP contribution in [0.25, 0.3) is 32.8 Å². The van der Waals surface area contributed by atoms with Gasteiger partial charge in [-0.15, -0.1) is 23.3 Å². The molecule has 213 valence electrons.